The molecule has 124 valence electrons. The van der Waals surface area contributed by atoms with Crippen molar-refractivity contribution in [2.45, 2.75) is 19.8 Å². The van der Waals surface area contributed by atoms with Crippen LogP contribution in [-0.4, -0.2) is 12.6 Å². The van der Waals surface area contributed by atoms with E-state index in [1.54, 1.807) is 6.92 Å². The summed E-state index contributed by atoms with van der Waals surface area (Å²) in [6.45, 7) is 2.09. The Morgan fingerprint density at radius 1 is 1.00 bits per heavy atom. The van der Waals surface area contributed by atoms with Crippen LogP contribution in [0, 0.1) is 11.3 Å². The largest absolute Gasteiger partial charge is 0.463 e. The summed E-state index contributed by atoms with van der Waals surface area (Å²) in [5, 5.41) is 8.93. The maximum absolute atomic E-state index is 12.4. The van der Waals surface area contributed by atoms with E-state index in [1.165, 1.54) is 0 Å². The zero-order valence-electron chi connectivity index (χ0n) is 13.9. The van der Waals surface area contributed by atoms with Gasteiger partial charge in [0.1, 0.15) is 0 Å². The Kier molecular flexibility index (Phi) is 7.97. The fourth-order valence-corrected chi connectivity index (χ4v) is 2.45. The van der Waals surface area contributed by atoms with Crippen LogP contribution in [-0.2, 0) is 9.53 Å². The van der Waals surface area contributed by atoms with E-state index in [1.807, 2.05) is 60.7 Å². The van der Waals surface area contributed by atoms with Gasteiger partial charge in [0.05, 0.1) is 12.7 Å². The Morgan fingerprint density at radius 3 is 1.92 bits per heavy atom. The van der Waals surface area contributed by atoms with Gasteiger partial charge in [0.15, 0.2) is 0 Å². The highest BCUT2D eigenvalue weighted by molar-refractivity contribution is 6.01. The van der Waals surface area contributed by atoms with Crippen LogP contribution in [0.15, 0.2) is 66.2 Å². The van der Waals surface area contributed by atoms with Crippen LogP contribution in [0.1, 0.15) is 30.9 Å². The highest BCUT2D eigenvalue weighted by atomic mass is 16.5. The normalized spacial score (nSPS) is 9.33. The number of rotatable bonds is 6. The molecular weight excluding hydrogens is 300 g/mol. The van der Waals surface area contributed by atoms with Gasteiger partial charge in [-0.2, -0.15) is 5.26 Å². The molecule has 0 atom stereocenters. The molecular formula is C20H22N2O2. The van der Waals surface area contributed by atoms with Crippen molar-refractivity contribution in [2.24, 2.45) is 0 Å². The van der Waals surface area contributed by atoms with Gasteiger partial charge in [-0.3, -0.25) is 0 Å². The van der Waals surface area contributed by atoms with Gasteiger partial charge < -0.3 is 10.9 Å². The van der Waals surface area contributed by atoms with E-state index >= 15 is 0 Å². The first-order valence-electron chi connectivity index (χ1n) is 7.66. The third-order valence-electron chi connectivity index (χ3n) is 3.44. The summed E-state index contributed by atoms with van der Waals surface area (Å²) < 4.78 is 5.22. The van der Waals surface area contributed by atoms with Crippen LogP contribution in [0.25, 0.3) is 5.57 Å². The molecule has 0 heterocycles. The van der Waals surface area contributed by atoms with Crippen molar-refractivity contribution < 1.29 is 9.53 Å². The standard InChI is InChI=1S/C20H19NO2.H3N/c1-2-23-20(22)18(14-9-15-21)19(16-10-5-3-6-11-16)17-12-7-4-8-13-17;/h3-8,10-13H,2,9,14H2,1H3;1H3. The average molecular weight is 322 g/mol. The first-order valence-corrected chi connectivity index (χ1v) is 7.66. The number of benzene rings is 2. The van der Waals surface area contributed by atoms with Crippen molar-refractivity contribution in [3.63, 3.8) is 0 Å². The molecule has 0 fully saturated rings. The number of carbonyl (C=O) groups is 1. The molecule has 0 bridgehead atoms. The highest BCUT2D eigenvalue weighted by Crippen LogP contribution is 2.29. The number of nitrogens with zero attached hydrogens (tertiary/aromatic N) is 1. The molecule has 4 heteroatoms. The van der Waals surface area contributed by atoms with Crippen LogP contribution >= 0.6 is 0 Å². The van der Waals surface area contributed by atoms with Gasteiger partial charge in [0.2, 0.25) is 0 Å². The molecule has 3 N–H and O–H groups in total. The van der Waals surface area contributed by atoms with E-state index in [2.05, 4.69) is 6.07 Å². The molecule has 0 aromatic heterocycles. The Labute approximate surface area is 143 Å². The zero-order chi connectivity index (χ0) is 16.5. The second-order valence-electron chi connectivity index (χ2n) is 4.96. The number of carbonyl (C=O) groups excluding carboxylic acids is 1. The van der Waals surface area contributed by atoms with Crippen molar-refractivity contribution in [2.75, 3.05) is 6.61 Å². The number of ether oxygens (including phenoxy) is 1. The second-order valence-corrected chi connectivity index (χ2v) is 4.96. The molecule has 2 aromatic rings. The molecule has 0 radical (unpaired) electrons. The summed E-state index contributed by atoms with van der Waals surface area (Å²) in [5.41, 5.74) is 3.27. The van der Waals surface area contributed by atoms with Crippen molar-refractivity contribution in [1.29, 1.82) is 5.26 Å². The van der Waals surface area contributed by atoms with Crippen LogP contribution in [0.3, 0.4) is 0 Å². The van der Waals surface area contributed by atoms with Crippen molar-refractivity contribution >= 4 is 11.5 Å². The topological polar surface area (TPSA) is 85.1 Å². The second kappa shape index (κ2) is 9.98. The van der Waals surface area contributed by atoms with Crippen LogP contribution < -0.4 is 6.15 Å². The van der Waals surface area contributed by atoms with Gasteiger partial charge in [-0.15, -0.1) is 0 Å². The first kappa shape index (κ1) is 19.1. The fraction of sp³-hybridized carbons (Fsp3) is 0.200. The molecule has 0 aliphatic rings. The van der Waals surface area contributed by atoms with E-state index in [4.69, 9.17) is 10.00 Å². The third-order valence-corrected chi connectivity index (χ3v) is 3.44. The Morgan fingerprint density at radius 2 is 1.50 bits per heavy atom. The number of hydrogen-bond donors (Lipinski definition) is 1. The summed E-state index contributed by atoms with van der Waals surface area (Å²) in [6.07, 6.45) is 0.645. The lowest BCUT2D eigenvalue weighted by Gasteiger charge is -2.15. The van der Waals surface area contributed by atoms with Crippen molar-refractivity contribution in [3.8, 4) is 6.07 Å². The molecule has 0 aliphatic heterocycles. The minimum Gasteiger partial charge on any atom is -0.463 e. The van der Waals surface area contributed by atoms with Gasteiger partial charge in [0.25, 0.3) is 0 Å². The average Bonchev–Trinajstić information content (AvgIpc) is 2.60. The Bertz CT molecular complexity index is 675. The first-order chi connectivity index (χ1) is 11.3. The third kappa shape index (κ3) is 4.80. The number of hydrogen-bond acceptors (Lipinski definition) is 4. The molecule has 0 amide bonds. The van der Waals surface area contributed by atoms with Crippen molar-refractivity contribution in [1.82, 2.24) is 6.15 Å². The van der Waals surface area contributed by atoms with Crippen LogP contribution in [0.4, 0.5) is 0 Å². The van der Waals surface area contributed by atoms with E-state index in [0.29, 0.717) is 18.6 Å². The van der Waals surface area contributed by atoms with Gasteiger partial charge >= 0.3 is 5.97 Å². The summed E-state index contributed by atoms with van der Waals surface area (Å²) in [7, 11) is 0. The van der Waals surface area contributed by atoms with E-state index in [9.17, 15) is 4.79 Å². The maximum atomic E-state index is 12.4. The lowest BCUT2D eigenvalue weighted by molar-refractivity contribution is -0.138. The minimum absolute atomic E-state index is 0. The van der Waals surface area contributed by atoms with Gasteiger partial charge in [-0.25, -0.2) is 4.79 Å². The summed E-state index contributed by atoms with van der Waals surface area (Å²) in [5.74, 6) is -0.356. The molecule has 2 aromatic carbocycles. The molecule has 0 unspecified atom stereocenters. The molecule has 24 heavy (non-hydrogen) atoms. The molecule has 0 saturated carbocycles. The quantitative estimate of drug-likeness (QED) is 0.626. The monoisotopic (exact) mass is 322 g/mol. The molecule has 4 nitrogen and oxygen atoms in total. The van der Waals surface area contributed by atoms with E-state index in [0.717, 1.165) is 16.7 Å². The summed E-state index contributed by atoms with van der Waals surface area (Å²) in [6, 6.07) is 21.6. The zero-order valence-corrected chi connectivity index (χ0v) is 13.9. The lowest BCUT2D eigenvalue weighted by atomic mass is 9.91. The molecule has 2 rings (SSSR count). The van der Waals surface area contributed by atoms with Gasteiger partial charge in [-0.1, -0.05) is 60.7 Å². The maximum Gasteiger partial charge on any atom is 0.334 e. The SMILES string of the molecule is CCOC(=O)C(CCC#N)=C(c1ccccc1)c1ccccc1.N. The van der Waals surface area contributed by atoms with Crippen LogP contribution in [0.5, 0.6) is 0 Å². The van der Waals surface area contributed by atoms with Crippen LogP contribution in [0.2, 0.25) is 0 Å². The molecule has 0 saturated heterocycles. The van der Waals surface area contributed by atoms with Gasteiger partial charge in [-0.05, 0) is 30.0 Å². The van der Waals surface area contributed by atoms with Crippen molar-refractivity contribution in [3.05, 3.63) is 77.4 Å². The summed E-state index contributed by atoms with van der Waals surface area (Å²) in [4.78, 5) is 12.4. The predicted molar refractivity (Wildman–Crippen MR) is 95.4 cm³/mol. The van der Waals surface area contributed by atoms with E-state index < -0.39 is 0 Å². The number of nitriles is 1. The minimum atomic E-state index is -0.356. The fourth-order valence-electron chi connectivity index (χ4n) is 2.45. The summed E-state index contributed by atoms with van der Waals surface area (Å²) >= 11 is 0. The van der Waals surface area contributed by atoms with Gasteiger partial charge in [0, 0.05) is 12.0 Å². The van der Waals surface area contributed by atoms with E-state index in [-0.39, 0.29) is 18.5 Å². The Balaban J connectivity index is 0.00000288. The Hall–Kier alpha value is -2.90. The molecule has 0 spiro atoms. The highest BCUT2D eigenvalue weighted by Gasteiger charge is 2.19. The smallest absolute Gasteiger partial charge is 0.334 e. The number of esters is 1. The predicted octanol–water partition coefficient (Wildman–Crippen LogP) is 4.52. The molecule has 0 aliphatic carbocycles. The lowest BCUT2D eigenvalue weighted by Crippen LogP contribution is -2.11.